The van der Waals surface area contributed by atoms with Crippen molar-refractivity contribution in [3.63, 3.8) is 0 Å². The van der Waals surface area contributed by atoms with Crippen LogP contribution in [0.5, 0.6) is 0 Å². The van der Waals surface area contributed by atoms with Crippen molar-refractivity contribution in [1.29, 1.82) is 0 Å². The first-order chi connectivity index (χ1) is 8.13. The molecule has 1 rings (SSSR count). The van der Waals surface area contributed by atoms with E-state index in [-0.39, 0.29) is 11.9 Å². The molecule has 0 aromatic heterocycles. The molecule has 3 amide bonds. The van der Waals surface area contributed by atoms with Crippen LogP contribution >= 0.6 is 0 Å². The van der Waals surface area contributed by atoms with Crippen LogP contribution in [-0.4, -0.2) is 37.6 Å². The third kappa shape index (κ3) is 5.04. The normalized spacial score (nSPS) is 24.1. The van der Waals surface area contributed by atoms with E-state index in [1.54, 1.807) is 0 Å². The van der Waals surface area contributed by atoms with E-state index in [2.05, 4.69) is 22.9 Å². The first-order valence-corrected chi connectivity index (χ1v) is 6.18. The SMILES string of the molecule is CCC1CCNC(C(=O)NCCNC(N)=O)C1. The minimum atomic E-state index is -0.568. The molecule has 0 aromatic rings. The van der Waals surface area contributed by atoms with Gasteiger partial charge in [0.15, 0.2) is 0 Å². The minimum absolute atomic E-state index is 0.00872. The Balaban J connectivity index is 2.20. The van der Waals surface area contributed by atoms with Crippen molar-refractivity contribution in [3.8, 4) is 0 Å². The molecule has 2 unspecified atom stereocenters. The van der Waals surface area contributed by atoms with Gasteiger partial charge in [0.1, 0.15) is 0 Å². The molecule has 0 radical (unpaired) electrons. The second kappa shape index (κ2) is 7.11. The van der Waals surface area contributed by atoms with Crippen molar-refractivity contribution in [2.75, 3.05) is 19.6 Å². The number of nitrogens with two attached hydrogens (primary N) is 1. The molecule has 5 N–H and O–H groups in total. The van der Waals surface area contributed by atoms with Gasteiger partial charge in [-0.25, -0.2) is 4.79 Å². The van der Waals surface area contributed by atoms with Crippen LogP contribution in [0, 0.1) is 5.92 Å². The van der Waals surface area contributed by atoms with Crippen LogP contribution < -0.4 is 21.7 Å². The smallest absolute Gasteiger partial charge is 0.312 e. The van der Waals surface area contributed by atoms with Crippen LogP contribution in [-0.2, 0) is 4.79 Å². The highest BCUT2D eigenvalue weighted by atomic mass is 16.2. The Morgan fingerprint density at radius 3 is 2.71 bits per heavy atom. The Hall–Kier alpha value is -1.30. The number of piperidine rings is 1. The summed E-state index contributed by atoms with van der Waals surface area (Å²) in [4.78, 5) is 22.2. The molecule has 1 heterocycles. The molecule has 17 heavy (non-hydrogen) atoms. The lowest BCUT2D eigenvalue weighted by atomic mass is 9.90. The van der Waals surface area contributed by atoms with Gasteiger partial charge in [0.25, 0.3) is 0 Å². The zero-order chi connectivity index (χ0) is 12.7. The molecule has 1 fully saturated rings. The fourth-order valence-electron chi connectivity index (χ4n) is 2.06. The summed E-state index contributed by atoms with van der Waals surface area (Å²) in [6, 6.07) is -0.664. The Morgan fingerprint density at radius 2 is 2.06 bits per heavy atom. The fourth-order valence-corrected chi connectivity index (χ4v) is 2.06. The lowest BCUT2D eigenvalue weighted by Crippen LogP contribution is -2.50. The molecule has 0 saturated carbocycles. The van der Waals surface area contributed by atoms with Crippen LogP contribution in [0.2, 0.25) is 0 Å². The lowest BCUT2D eigenvalue weighted by molar-refractivity contribution is -0.124. The van der Waals surface area contributed by atoms with Gasteiger partial charge in [-0.3, -0.25) is 4.79 Å². The van der Waals surface area contributed by atoms with Gasteiger partial charge in [0.2, 0.25) is 5.91 Å². The fraction of sp³-hybridized carbons (Fsp3) is 0.818. The van der Waals surface area contributed by atoms with Crippen molar-refractivity contribution < 1.29 is 9.59 Å². The highest BCUT2D eigenvalue weighted by Crippen LogP contribution is 2.19. The van der Waals surface area contributed by atoms with Crippen LogP contribution in [0.15, 0.2) is 0 Å². The zero-order valence-corrected chi connectivity index (χ0v) is 10.3. The van der Waals surface area contributed by atoms with Crippen molar-refractivity contribution in [2.24, 2.45) is 11.7 Å². The van der Waals surface area contributed by atoms with E-state index in [9.17, 15) is 9.59 Å². The molecule has 0 spiro atoms. The van der Waals surface area contributed by atoms with Crippen molar-refractivity contribution in [3.05, 3.63) is 0 Å². The number of amides is 3. The van der Waals surface area contributed by atoms with Gasteiger partial charge in [-0.15, -0.1) is 0 Å². The molecule has 1 saturated heterocycles. The molecule has 0 bridgehead atoms. The predicted molar refractivity (Wildman–Crippen MR) is 65.4 cm³/mol. The summed E-state index contributed by atoms with van der Waals surface area (Å²) in [7, 11) is 0. The first-order valence-electron chi connectivity index (χ1n) is 6.18. The van der Waals surface area contributed by atoms with Gasteiger partial charge in [0.05, 0.1) is 6.04 Å². The molecule has 98 valence electrons. The summed E-state index contributed by atoms with van der Waals surface area (Å²) in [6.45, 7) is 3.83. The molecule has 1 aliphatic rings. The first kappa shape index (κ1) is 13.8. The maximum Gasteiger partial charge on any atom is 0.312 e. The Bertz CT molecular complexity index is 270. The standard InChI is InChI=1S/C11H22N4O2/c1-2-8-3-4-13-9(7-8)10(16)14-5-6-15-11(12)17/h8-9,13H,2-7H2,1H3,(H,14,16)(H3,12,15,17). The largest absolute Gasteiger partial charge is 0.353 e. The van der Waals surface area contributed by atoms with Gasteiger partial charge in [0, 0.05) is 13.1 Å². The summed E-state index contributed by atoms with van der Waals surface area (Å²) >= 11 is 0. The number of primary amides is 1. The van der Waals surface area contributed by atoms with Gasteiger partial charge < -0.3 is 21.7 Å². The summed E-state index contributed by atoms with van der Waals surface area (Å²) in [5.41, 5.74) is 4.91. The lowest BCUT2D eigenvalue weighted by Gasteiger charge is -2.28. The van der Waals surface area contributed by atoms with Gasteiger partial charge >= 0.3 is 6.03 Å². The van der Waals surface area contributed by atoms with Crippen LogP contribution in [0.4, 0.5) is 4.79 Å². The average Bonchev–Trinajstić information content (AvgIpc) is 2.34. The van der Waals surface area contributed by atoms with Crippen LogP contribution in [0.3, 0.4) is 0 Å². The van der Waals surface area contributed by atoms with Crippen molar-refractivity contribution in [1.82, 2.24) is 16.0 Å². The minimum Gasteiger partial charge on any atom is -0.353 e. The van der Waals surface area contributed by atoms with E-state index in [1.807, 2.05) is 0 Å². The van der Waals surface area contributed by atoms with Crippen molar-refractivity contribution in [2.45, 2.75) is 32.2 Å². The van der Waals surface area contributed by atoms with E-state index in [0.717, 1.165) is 25.8 Å². The number of hydrogen-bond donors (Lipinski definition) is 4. The monoisotopic (exact) mass is 242 g/mol. The number of urea groups is 1. The van der Waals surface area contributed by atoms with Crippen LogP contribution in [0.25, 0.3) is 0 Å². The van der Waals surface area contributed by atoms with E-state index in [4.69, 9.17) is 5.73 Å². The summed E-state index contributed by atoms with van der Waals surface area (Å²) in [6.07, 6.45) is 3.16. The number of carbonyl (C=O) groups is 2. The molecule has 0 aromatic carbocycles. The molecule has 1 aliphatic heterocycles. The van der Waals surface area contributed by atoms with Gasteiger partial charge in [-0.05, 0) is 25.3 Å². The maximum atomic E-state index is 11.8. The van der Waals surface area contributed by atoms with Crippen LogP contribution in [0.1, 0.15) is 26.2 Å². The molecular formula is C11H22N4O2. The molecule has 0 aliphatic carbocycles. The topological polar surface area (TPSA) is 96.2 Å². The van der Waals surface area contributed by atoms with E-state index < -0.39 is 6.03 Å². The quantitative estimate of drug-likeness (QED) is 0.492. The summed E-state index contributed by atoms with van der Waals surface area (Å²) in [5.74, 6) is 0.644. The van der Waals surface area contributed by atoms with Gasteiger partial charge in [-0.1, -0.05) is 13.3 Å². The molecule has 6 heteroatoms. The molecular weight excluding hydrogens is 220 g/mol. The molecule has 6 nitrogen and oxygen atoms in total. The zero-order valence-electron chi connectivity index (χ0n) is 10.3. The molecule has 2 atom stereocenters. The number of carbonyl (C=O) groups excluding carboxylic acids is 2. The maximum absolute atomic E-state index is 11.8. The third-order valence-electron chi connectivity index (χ3n) is 3.13. The second-order valence-electron chi connectivity index (χ2n) is 4.39. The van der Waals surface area contributed by atoms with Crippen molar-refractivity contribution >= 4 is 11.9 Å². The highest BCUT2D eigenvalue weighted by molar-refractivity contribution is 5.81. The Labute approximate surface area is 102 Å². The highest BCUT2D eigenvalue weighted by Gasteiger charge is 2.25. The Kier molecular flexibility index (Phi) is 5.76. The predicted octanol–water partition coefficient (Wildman–Crippen LogP) is -0.451. The van der Waals surface area contributed by atoms with E-state index in [1.165, 1.54) is 0 Å². The average molecular weight is 242 g/mol. The Morgan fingerprint density at radius 1 is 1.35 bits per heavy atom. The van der Waals surface area contributed by atoms with Gasteiger partial charge in [-0.2, -0.15) is 0 Å². The summed E-state index contributed by atoms with van der Waals surface area (Å²) in [5, 5.41) is 8.42. The number of nitrogens with one attached hydrogen (secondary N) is 3. The van der Waals surface area contributed by atoms with E-state index in [0.29, 0.717) is 19.0 Å². The number of rotatable bonds is 5. The second-order valence-corrected chi connectivity index (χ2v) is 4.39. The number of hydrogen-bond acceptors (Lipinski definition) is 3. The van der Waals surface area contributed by atoms with E-state index >= 15 is 0 Å². The third-order valence-corrected chi connectivity index (χ3v) is 3.13. The summed E-state index contributed by atoms with van der Waals surface area (Å²) < 4.78 is 0.